The summed E-state index contributed by atoms with van der Waals surface area (Å²) >= 11 is 11.6. The van der Waals surface area contributed by atoms with E-state index in [1.807, 2.05) is 11.4 Å². The number of hydrogen-bond acceptors (Lipinski definition) is 1. The standard InChI is InChI=1S/C15H16BrClS/c1-3-10(2)11-4-6-12(7-5-11)14(16)15-13(17)8-9-18-15/h4-10,14H,3H2,1-2H3. The summed E-state index contributed by atoms with van der Waals surface area (Å²) in [6, 6.07) is 10.8. The zero-order chi connectivity index (χ0) is 13.1. The van der Waals surface area contributed by atoms with Gasteiger partial charge in [-0.3, -0.25) is 0 Å². The average Bonchev–Trinajstić information content (AvgIpc) is 2.83. The van der Waals surface area contributed by atoms with Crippen molar-refractivity contribution in [3.63, 3.8) is 0 Å². The maximum atomic E-state index is 6.17. The summed E-state index contributed by atoms with van der Waals surface area (Å²) in [6.07, 6.45) is 1.17. The minimum Gasteiger partial charge on any atom is -0.146 e. The van der Waals surface area contributed by atoms with E-state index in [0.717, 1.165) is 5.02 Å². The van der Waals surface area contributed by atoms with Gasteiger partial charge < -0.3 is 0 Å². The van der Waals surface area contributed by atoms with E-state index in [9.17, 15) is 0 Å². The fourth-order valence-corrected chi connectivity index (χ4v) is 4.04. The number of hydrogen-bond donors (Lipinski definition) is 0. The average molecular weight is 344 g/mol. The van der Waals surface area contributed by atoms with E-state index in [1.165, 1.54) is 22.4 Å². The van der Waals surface area contributed by atoms with Crippen molar-refractivity contribution >= 4 is 38.9 Å². The zero-order valence-corrected chi connectivity index (χ0v) is 13.6. The molecule has 0 aliphatic heterocycles. The first-order chi connectivity index (χ1) is 8.63. The maximum absolute atomic E-state index is 6.17. The Morgan fingerprint density at radius 1 is 1.17 bits per heavy atom. The topological polar surface area (TPSA) is 0 Å². The van der Waals surface area contributed by atoms with E-state index in [2.05, 4.69) is 54.0 Å². The molecule has 0 bridgehead atoms. The smallest absolute Gasteiger partial charge is 0.0753 e. The Morgan fingerprint density at radius 2 is 1.78 bits per heavy atom. The number of alkyl halides is 1. The van der Waals surface area contributed by atoms with Gasteiger partial charge in [0, 0.05) is 4.88 Å². The normalized spacial score (nSPS) is 14.4. The summed E-state index contributed by atoms with van der Waals surface area (Å²) in [5.41, 5.74) is 2.66. The van der Waals surface area contributed by atoms with Gasteiger partial charge in [0.05, 0.1) is 9.85 Å². The van der Waals surface area contributed by atoms with E-state index in [0.29, 0.717) is 5.92 Å². The second-order valence-electron chi connectivity index (χ2n) is 4.47. The van der Waals surface area contributed by atoms with Gasteiger partial charge in [-0.2, -0.15) is 0 Å². The largest absolute Gasteiger partial charge is 0.146 e. The Morgan fingerprint density at radius 3 is 2.28 bits per heavy atom. The minimum absolute atomic E-state index is 0.191. The molecule has 0 aliphatic rings. The molecular weight excluding hydrogens is 328 g/mol. The van der Waals surface area contributed by atoms with Crippen LogP contribution in [0.25, 0.3) is 0 Å². The van der Waals surface area contributed by atoms with E-state index in [4.69, 9.17) is 11.6 Å². The highest BCUT2D eigenvalue weighted by molar-refractivity contribution is 9.09. The number of halogens is 2. The van der Waals surface area contributed by atoms with Gasteiger partial charge in [0.2, 0.25) is 0 Å². The molecule has 0 saturated carbocycles. The minimum atomic E-state index is 0.191. The van der Waals surface area contributed by atoms with Gasteiger partial charge in [0.15, 0.2) is 0 Å². The van der Waals surface area contributed by atoms with Crippen LogP contribution >= 0.6 is 38.9 Å². The number of thiophene rings is 1. The molecule has 3 heteroatoms. The van der Waals surface area contributed by atoms with E-state index < -0.39 is 0 Å². The lowest BCUT2D eigenvalue weighted by Crippen LogP contribution is -1.94. The van der Waals surface area contributed by atoms with Crippen LogP contribution in [0.5, 0.6) is 0 Å². The Hall–Kier alpha value is -0.310. The molecule has 0 spiro atoms. The highest BCUT2D eigenvalue weighted by Crippen LogP contribution is 2.39. The van der Waals surface area contributed by atoms with Gasteiger partial charge >= 0.3 is 0 Å². The molecule has 2 atom stereocenters. The third kappa shape index (κ3) is 2.98. The molecule has 0 nitrogen and oxygen atoms in total. The second-order valence-corrected chi connectivity index (χ2v) is 6.74. The molecule has 1 aromatic heterocycles. The SMILES string of the molecule is CCC(C)c1ccc(C(Br)c2sccc2Cl)cc1. The predicted molar refractivity (Wildman–Crippen MR) is 85.2 cm³/mol. The van der Waals surface area contributed by atoms with Crippen LogP contribution in [0.15, 0.2) is 35.7 Å². The van der Waals surface area contributed by atoms with Crippen molar-refractivity contribution in [1.29, 1.82) is 0 Å². The first-order valence-electron chi connectivity index (χ1n) is 6.10. The maximum Gasteiger partial charge on any atom is 0.0753 e. The first-order valence-corrected chi connectivity index (χ1v) is 8.27. The Balaban J connectivity index is 2.22. The van der Waals surface area contributed by atoms with E-state index in [1.54, 1.807) is 11.3 Å². The van der Waals surface area contributed by atoms with Crippen molar-refractivity contribution < 1.29 is 0 Å². The molecule has 2 aromatic rings. The van der Waals surface area contributed by atoms with Gasteiger partial charge in [-0.15, -0.1) is 11.3 Å². The van der Waals surface area contributed by atoms with Gasteiger partial charge in [0.1, 0.15) is 0 Å². The van der Waals surface area contributed by atoms with Crippen LogP contribution in [-0.2, 0) is 0 Å². The summed E-state index contributed by atoms with van der Waals surface area (Å²) in [7, 11) is 0. The van der Waals surface area contributed by atoms with Crippen LogP contribution in [0.4, 0.5) is 0 Å². The summed E-state index contributed by atoms with van der Waals surface area (Å²) in [5, 5.41) is 2.87. The highest BCUT2D eigenvalue weighted by atomic mass is 79.9. The molecule has 2 rings (SSSR count). The second kappa shape index (κ2) is 6.23. The quantitative estimate of drug-likeness (QED) is 0.563. The van der Waals surface area contributed by atoms with Gasteiger partial charge in [0.25, 0.3) is 0 Å². The Kier molecular flexibility index (Phi) is 4.88. The third-order valence-electron chi connectivity index (χ3n) is 3.29. The van der Waals surface area contributed by atoms with Crippen molar-refractivity contribution in [2.24, 2.45) is 0 Å². The van der Waals surface area contributed by atoms with Crippen LogP contribution < -0.4 is 0 Å². The molecule has 96 valence electrons. The third-order valence-corrected chi connectivity index (χ3v) is 6.00. The van der Waals surface area contributed by atoms with Gasteiger partial charge in [-0.25, -0.2) is 0 Å². The lowest BCUT2D eigenvalue weighted by Gasteiger charge is -2.12. The molecule has 2 unspecified atom stereocenters. The van der Waals surface area contributed by atoms with E-state index in [-0.39, 0.29) is 4.83 Å². The molecule has 1 heterocycles. The van der Waals surface area contributed by atoms with Crippen LogP contribution in [0.3, 0.4) is 0 Å². The van der Waals surface area contributed by atoms with Crippen molar-refractivity contribution in [3.05, 3.63) is 56.7 Å². The molecule has 0 N–H and O–H groups in total. The number of rotatable bonds is 4. The molecule has 0 saturated heterocycles. The molecule has 0 radical (unpaired) electrons. The monoisotopic (exact) mass is 342 g/mol. The lowest BCUT2D eigenvalue weighted by molar-refractivity contribution is 0.733. The fraction of sp³-hybridized carbons (Fsp3) is 0.333. The van der Waals surface area contributed by atoms with Gasteiger partial charge in [-0.1, -0.05) is 65.6 Å². The fourth-order valence-electron chi connectivity index (χ4n) is 1.87. The van der Waals surface area contributed by atoms with Crippen molar-refractivity contribution in [2.75, 3.05) is 0 Å². The van der Waals surface area contributed by atoms with Gasteiger partial charge in [-0.05, 0) is 34.9 Å². The molecule has 18 heavy (non-hydrogen) atoms. The predicted octanol–water partition coefficient (Wildman–Crippen LogP) is 6.40. The molecule has 0 fully saturated rings. The van der Waals surface area contributed by atoms with Crippen LogP contribution in [0.2, 0.25) is 5.02 Å². The Labute approximate surface area is 126 Å². The summed E-state index contributed by atoms with van der Waals surface area (Å²) < 4.78 is 0. The summed E-state index contributed by atoms with van der Waals surface area (Å²) in [4.78, 5) is 1.36. The first kappa shape index (κ1) is 14.1. The Bertz CT molecular complexity index is 503. The molecule has 0 aliphatic carbocycles. The van der Waals surface area contributed by atoms with Crippen molar-refractivity contribution in [1.82, 2.24) is 0 Å². The van der Waals surface area contributed by atoms with Crippen LogP contribution in [-0.4, -0.2) is 0 Å². The van der Waals surface area contributed by atoms with E-state index >= 15 is 0 Å². The molecule has 1 aromatic carbocycles. The van der Waals surface area contributed by atoms with Crippen molar-refractivity contribution in [2.45, 2.75) is 31.0 Å². The number of benzene rings is 1. The lowest BCUT2D eigenvalue weighted by atomic mass is 9.97. The van der Waals surface area contributed by atoms with Crippen molar-refractivity contribution in [3.8, 4) is 0 Å². The summed E-state index contributed by atoms with van der Waals surface area (Å²) in [6.45, 7) is 4.48. The molecule has 0 amide bonds. The van der Waals surface area contributed by atoms with Crippen LogP contribution in [0, 0.1) is 0 Å². The zero-order valence-electron chi connectivity index (χ0n) is 10.5. The highest BCUT2D eigenvalue weighted by Gasteiger charge is 2.15. The molecular formula is C15H16BrClS. The van der Waals surface area contributed by atoms with Crippen LogP contribution in [0.1, 0.15) is 47.0 Å². The summed E-state index contributed by atoms with van der Waals surface area (Å²) in [5.74, 6) is 0.623.